The van der Waals surface area contributed by atoms with E-state index in [1.54, 1.807) is 0 Å². The van der Waals surface area contributed by atoms with Crippen LogP contribution in [0.2, 0.25) is 0 Å². The fraction of sp³-hybridized carbons (Fsp3) is 0. The van der Waals surface area contributed by atoms with Gasteiger partial charge in [0.1, 0.15) is 0 Å². The van der Waals surface area contributed by atoms with Gasteiger partial charge in [-0.2, -0.15) is 0 Å². The average Bonchev–Trinajstić information content (AvgIpc) is 1.33. The SMILES string of the molecule is c1cc(-c2cc(-n3c4ccccc4c4ccccc43)cc(-n3c4ccccc4c4ccccc43)c2)cc(-c2cc(-c3cc(-n4c5ccccc5c5ccccc54)cc(-n4c5ccccc5c5ccccc54)c3)nc(-c3cc(-n4c5ccccc5c5ccccc54)cc(-n4c5ccccc5c5ccccc54)c3)c2)c1. The summed E-state index contributed by atoms with van der Waals surface area (Å²) in [6.07, 6.45) is 0. The van der Waals surface area contributed by atoms with Crippen molar-refractivity contribution in [1.29, 1.82) is 0 Å². The zero-order chi connectivity index (χ0) is 70.7. The molecule has 23 rings (SSSR count). The van der Waals surface area contributed by atoms with E-state index < -0.39 is 0 Å². The summed E-state index contributed by atoms with van der Waals surface area (Å²) in [5.41, 5.74) is 27.8. The van der Waals surface area contributed by atoms with Gasteiger partial charge in [0.25, 0.3) is 0 Å². The van der Waals surface area contributed by atoms with Gasteiger partial charge in [-0.3, -0.25) is 0 Å². The molecule has 23 aromatic rings. The molecule has 0 amide bonds. The highest BCUT2D eigenvalue weighted by atomic mass is 15.0. The molecule has 0 aliphatic carbocycles. The predicted molar refractivity (Wildman–Crippen MR) is 452 cm³/mol. The molecular weight excluding hydrogens is 1310 g/mol. The van der Waals surface area contributed by atoms with Gasteiger partial charge >= 0.3 is 0 Å². The molecular formula is C101H63N7. The highest BCUT2D eigenvalue weighted by Crippen LogP contribution is 2.45. The van der Waals surface area contributed by atoms with Crippen LogP contribution in [0.1, 0.15) is 0 Å². The minimum Gasteiger partial charge on any atom is -0.309 e. The fourth-order valence-electron chi connectivity index (χ4n) is 18.1. The lowest BCUT2D eigenvalue weighted by molar-refractivity contribution is 1.13. The molecule has 0 aliphatic rings. The Hall–Kier alpha value is -14.5. The Balaban J connectivity index is 0.810. The molecule has 7 heteroatoms. The van der Waals surface area contributed by atoms with E-state index in [0.717, 1.165) is 145 Å². The fourth-order valence-corrected chi connectivity index (χ4v) is 18.1. The summed E-state index contributed by atoms with van der Waals surface area (Å²) in [5, 5.41) is 14.5. The molecule has 0 radical (unpaired) electrons. The number of aromatic nitrogens is 7. The van der Waals surface area contributed by atoms with Crippen LogP contribution >= 0.6 is 0 Å². The van der Waals surface area contributed by atoms with Crippen molar-refractivity contribution < 1.29 is 0 Å². The molecule has 0 aliphatic heterocycles. The Morgan fingerprint density at radius 1 is 0.130 bits per heavy atom. The van der Waals surface area contributed by atoms with E-state index in [1.807, 2.05) is 0 Å². The molecule has 0 N–H and O–H groups in total. The number of rotatable bonds is 10. The Morgan fingerprint density at radius 2 is 0.296 bits per heavy atom. The molecule has 0 saturated carbocycles. The normalized spacial score (nSPS) is 12.1. The van der Waals surface area contributed by atoms with Gasteiger partial charge in [0, 0.05) is 110 Å². The highest BCUT2D eigenvalue weighted by molar-refractivity contribution is 6.15. The quantitative estimate of drug-likeness (QED) is 0.135. The van der Waals surface area contributed by atoms with Crippen LogP contribution in [0.3, 0.4) is 0 Å². The first-order chi connectivity index (χ1) is 53.6. The minimum absolute atomic E-state index is 0.834. The zero-order valence-electron chi connectivity index (χ0n) is 58.5. The van der Waals surface area contributed by atoms with Crippen LogP contribution in [0.5, 0.6) is 0 Å². The number of pyridine rings is 1. The van der Waals surface area contributed by atoms with Crippen molar-refractivity contribution in [3.05, 3.63) is 382 Å². The van der Waals surface area contributed by atoms with Crippen LogP contribution in [-0.4, -0.2) is 32.4 Å². The molecule has 7 nitrogen and oxygen atoms in total. The molecule has 0 unspecified atom stereocenters. The van der Waals surface area contributed by atoms with Crippen molar-refractivity contribution in [2.24, 2.45) is 0 Å². The number of fused-ring (bicyclic) bond motifs is 18. The van der Waals surface area contributed by atoms with Gasteiger partial charge in [0.05, 0.1) is 77.6 Å². The third kappa shape index (κ3) is 9.06. The predicted octanol–water partition coefficient (Wildman–Crippen LogP) is 26.3. The van der Waals surface area contributed by atoms with E-state index in [-0.39, 0.29) is 0 Å². The minimum atomic E-state index is 0.834. The molecule has 502 valence electrons. The van der Waals surface area contributed by atoms with Gasteiger partial charge in [0.2, 0.25) is 0 Å². The van der Waals surface area contributed by atoms with Gasteiger partial charge in [0.15, 0.2) is 0 Å². The average molecular weight is 1370 g/mol. The summed E-state index contributed by atoms with van der Waals surface area (Å²) in [5.74, 6) is 0. The van der Waals surface area contributed by atoms with Crippen molar-refractivity contribution in [3.63, 3.8) is 0 Å². The maximum atomic E-state index is 6.11. The lowest BCUT2D eigenvalue weighted by Gasteiger charge is -2.18. The van der Waals surface area contributed by atoms with Crippen LogP contribution < -0.4 is 0 Å². The second-order valence-corrected chi connectivity index (χ2v) is 28.6. The number of hydrogen-bond acceptors (Lipinski definition) is 1. The largest absolute Gasteiger partial charge is 0.309 e. The summed E-state index contributed by atoms with van der Waals surface area (Å²) in [6, 6.07) is 141. The van der Waals surface area contributed by atoms with Gasteiger partial charge in [-0.25, -0.2) is 4.98 Å². The number of benzene rings is 16. The Labute approximate surface area is 620 Å². The summed E-state index contributed by atoms with van der Waals surface area (Å²) in [6.45, 7) is 0. The first-order valence-corrected chi connectivity index (χ1v) is 37.1. The lowest BCUT2D eigenvalue weighted by Crippen LogP contribution is -2.02. The van der Waals surface area contributed by atoms with Crippen LogP contribution in [0.15, 0.2) is 382 Å². The third-order valence-electron chi connectivity index (χ3n) is 22.7. The van der Waals surface area contributed by atoms with Crippen LogP contribution in [0.4, 0.5) is 0 Å². The van der Waals surface area contributed by atoms with Crippen molar-refractivity contribution in [2.45, 2.75) is 0 Å². The van der Waals surface area contributed by atoms with Crippen molar-refractivity contribution in [1.82, 2.24) is 32.4 Å². The molecule has 0 atom stereocenters. The standard InChI is InChI=1S/C101H63N7/c1-13-40-90-76(28-1)77-29-2-14-41-91(77)103(90)70-53-66(54-71(61-70)104-92-42-15-3-30-78(92)79-31-4-16-43-93(79)104)64-26-25-27-65(52-64)67-59-88(68-55-72(105-94-44-17-5-32-80(94)81-33-6-18-45-95(81)105)62-73(56-68)106-96-46-19-7-34-82(96)83-35-8-20-47-97(83)106)102-89(60-67)69-57-74(107-98-48-21-9-36-84(98)85-37-10-22-49-99(85)107)63-75(58-69)108-100-50-23-11-38-86(100)87-39-12-24-51-101(87)108/h1-63H. The molecule has 7 aromatic heterocycles. The van der Waals surface area contributed by atoms with E-state index in [4.69, 9.17) is 4.98 Å². The van der Waals surface area contributed by atoms with Gasteiger partial charge in [-0.15, -0.1) is 0 Å². The van der Waals surface area contributed by atoms with E-state index in [1.165, 1.54) is 64.6 Å². The monoisotopic (exact) mass is 1370 g/mol. The first kappa shape index (κ1) is 59.9. The highest BCUT2D eigenvalue weighted by Gasteiger charge is 2.24. The second-order valence-electron chi connectivity index (χ2n) is 28.6. The van der Waals surface area contributed by atoms with Crippen LogP contribution in [0, 0.1) is 0 Å². The number of hydrogen-bond donors (Lipinski definition) is 0. The first-order valence-electron chi connectivity index (χ1n) is 37.1. The molecule has 108 heavy (non-hydrogen) atoms. The third-order valence-corrected chi connectivity index (χ3v) is 22.7. The summed E-state index contributed by atoms with van der Waals surface area (Å²) in [4.78, 5) is 6.11. The van der Waals surface area contributed by atoms with Crippen LogP contribution in [0.25, 0.3) is 210 Å². The lowest BCUT2D eigenvalue weighted by atomic mass is 9.95. The Kier molecular flexibility index (Phi) is 13.0. The topological polar surface area (TPSA) is 42.5 Å². The van der Waals surface area contributed by atoms with Gasteiger partial charge in [-0.1, -0.05) is 237 Å². The second kappa shape index (κ2) is 23.5. The molecule has 16 aromatic carbocycles. The Bertz CT molecular complexity index is 6700. The van der Waals surface area contributed by atoms with Crippen molar-refractivity contribution in [3.8, 4) is 78.9 Å². The Morgan fingerprint density at radius 3 is 0.491 bits per heavy atom. The number of nitrogens with zero attached hydrogens (tertiary/aromatic N) is 7. The summed E-state index contributed by atoms with van der Waals surface area (Å²) in [7, 11) is 0. The maximum absolute atomic E-state index is 6.11. The number of para-hydroxylation sites is 12. The summed E-state index contributed by atoms with van der Waals surface area (Å²) < 4.78 is 14.7. The van der Waals surface area contributed by atoms with E-state index in [9.17, 15) is 0 Å². The van der Waals surface area contributed by atoms with Crippen LogP contribution in [-0.2, 0) is 0 Å². The van der Waals surface area contributed by atoms with Crippen molar-refractivity contribution >= 4 is 131 Å². The zero-order valence-corrected chi connectivity index (χ0v) is 58.5. The van der Waals surface area contributed by atoms with E-state index in [2.05, 4.69) is 410 Å². The van der Waals surface area contributed by atoms with Crippen molar-refractivity contribution in [2.75, 3.05) is 0 Å². The van der Waals surface area contributed by atoms with E-state index >= 15 is 0 Å². The van der Waals surface area contributed by atoms with Gasteiger partial charge < -0.3 is 27.4 Å². The molecule has 0 bridgehead atoms. The summed E-state index contributed by atoms with van der Waals surface area (Å²) >= 11 is 0. The molecule has 0 spiro atoms. The van der Waals surface area contributed by atoms with E-state index in [0.29, 0.717) is 0 Å². The molecule has 7 heterocycles. The molecule has 0 fully saturated rings. The van der Waals surface area contributed by atoms with Gasteiger partial charge in [-0.05, 0) is 168 Å². The molecule has 0 saturated heterocycles. The maximum Gasteiger partial charge on any atom is 0.0717 e. The smallest absolute Gasteiger partial charge is 0.0717 e.